The molecule has 0 aliphatic heterocycles. The number of hydrogen-bond donors (Lipinski definition) is 3. The van der Waals surface area contributed by atoms with Crippen LogP contribution in [0.1, 0.15) is 36.8 Å². The third-order valence-corrected chi connectivity index (χ3v) is 5.92. The van der Waals surface area contributed by atoms with E-state index in [0.717, 1.165) is 24.0 Å². The second-order valence-electron chi connectivity index (χ2n) is 8.89. The Labute approximate surface area is 213 Å². The molecular formula is C29H35N3O4. The van der Waals surface area contributed by atoms with E-state index in [9.17, 15) is 14.4 Å². The molecule has 2 aromatic carbocycles. The standard InChI is InChI=1S/C29H35N3O4/c1-22(25-15-9-4-10-16-25)18-30-19-27(33)32-26(17-23-11-5-2-6-12-23)29(35)31-20-28(34)36-21-24-13-7-3-8-14-24/h2,4-7,9-16,22,26,30H,3,8,17-21H2,1H3,(H,31,35)(H,32,33)/t22-,26?/m0/s1. The lowest BCUT2D eigenvalue weighted by molar-refractivity contribution is -0.143. The molecule has 0 spiro atoms. The third kappa shape index (κ3) is 9.50. The van der Waals surface area contributed by atoms with Gasteiger partial charge >= 0.3 is 5.97 Å². The lowest BCUT2D eigenvalue weighted by Gasteiger charge is -2.19. The monoisotopic (exact) mass is 489 g/mol. The summed E-state index contributed by atoms with van der Waals surface area (Å²) in [5, 5.41) is 8.57. The van der Waals surface area contributed by atoms with Crippen molar-refractivity contribution >= 4 is 17.8 Å². The Balaban J connectivity index is 1.48. The molecule has 7 heteroatoms. The highest BCUT2D eigenvalue weighted by Gasteiger charge is 2.22. The lowest BCUT2D eigenvalue weighted by Crippen LogP contribution is -2.51. The van der Waals surface area contributed by atoms with Gasteiger partial charge in [0.15, 0.2) is 0 Å². The first-order valence-corrected chi connectivity index (χ1v) is 12.4. The molecule has 1 aliphatic rings. The maximum Gasteiger partial charge on any atom is 0.325 e. The zero-order valence-corrected chi connectivity index (χ0v) is 20.7. The number of hydrogen-bond acceptors (Lipinski definition) is 5. The Hall–Kier alpha value is -3.71. The van der Waals surface area contributed by atoms with Crippen molar-refractivity contribution in [3.63, 3.8) is 0 Å². The quantitative estimate of drug-likeness (QED) is 0.376. The molecule has 1 unspecified atom stereocenters. The van der Waals surface area contributed by atoms with Gasteiger partial charge in [-0.1, -0.05) is 85.8 Å². The van der Waals surface area contributed by atoms with E-state index < -0.39 is 17.9 Å². The minimum atomic E-state index is -0.815. The molecule has 7 nitrogen and oxygen atoms in total. The second kappa shape index (κ2) is 14.6. The van der Waals surface area contributed by atoms with Crippen molar-refractivity contribution in [3.8, 4) is 0 Å². The Kier molecular flexibility index (Phi) is 10.9. The predicted molar refractivity (Wildman–Crippen MR) is 140 cm³/mol. The van der Waals surface area contributed by atoms with Crippen LogP contribution < -0.4 is 16.0 Å². The fraction of sp³-hybridized carbons (Fsp3) is 0.345. The fourth-order valence-electron chi connectivity index (χ4n) is 3.88. The topological polar surface area (TPSA) is 96.5 Å². The molecule has 1 aliphatic carbocycles. The Bertz CT molecular complexity index is 1050. The van der Waals surface area contributed by atoms with Crippen molar-refractivity contribution in [2.45, 2.75) is 38.1 Å². The van der Waals surface area contributed by atoms with Crippen LogP contribution in [0.15, 0.2) is 84.5 Å². The predicted octanol–water partition coefficient (Wildman–Crippen LogP) is 3.04. The summed E-state index contributed by atoms with van der Waals surface area (Å²) in [4.78, 5) is 37.6. The summed E-state index contributed by atoms with van der Waals surface area (Å²) in [6.07, 6.45) is 8.25. The first kappa shape index (κ1) is 26.9. The van der Waals surface area contributed by atoms with Crippen molar-refractivity contribution in [3.05, 3.63) is 95.6 Å². The van der Waals surface area contributed by atoms with Crippen LogP contribution in [0.25, 0.3) is 0 Å². The fourth-order valence-corrected chi connectivity index (χ4v) is 3.88. The number of rotatable bonds is 13. The Morgan fingerprint density at radius 1 is 0.944 bits per heavy atom. The first-order chi connectivity index (χ1) is 17.5. The van der Waals surface area contributed by atoms with Gasteiger partial charge in [-0.3, -0.25) is 14.4 Å². The molecule has 36 heavy (non-hydrogen) atoms. The molecule has 0 aromatic heterocycles. The molecule has 0 fully saturated rings. The number of amides is 2. The largest absolute Gasteiger partial charge is 0.460 e. The van der Waals surface area contributed by atoms with Crippen molar-refractivity contribution < 1.29 is 19.1 Å². The number of esters is 1. The minimum Gasteiger partial charge on any atom is -0.460 e. The van der Waals surface area contributed by atoms with E-state index >= 15 is 0 Å². The third-order valence-electron chi connectivity index (χ3n) is 5.92. The first-order valence-electron chi connectivity index (χ1n) is 12.4. The molecule has 0 bridgehead atoms. The highest BCUT2D eigenvalue weighted by molar-refractivity contribution is 5.90. The highest BCUT2D eigenvalue weighted by atomic mass is 16.5. The normalized spacial score (nSPS) is 14.3. The van der Waals surface area contributed by atoms with E-state index in [1.54, 1.807) is 0 Å². The second-order valence-corrected chi connectivity index (χ2v) is 8.89. The van der Waals surface area contributed by atoms with Gasteiger partial charge in [-0.25, -0.2) is 0 Å². The van der Waals surface area contributed by atoms with Crippen molar-refractivity contribution in [1.29, 1.82) is 0 Å². The van der Waals surface area contributed by atoms with E-state index in [1.807, 2.05) is 66.8 Å². The van der Waals surface area contributed by atoms with Gasteiger partial charge in [0, 0.05) is 13.0 Å². The zero-order valence-electron chi connectivity index (χ0n) is 20.7. The van der Waals surface area contributed by atoms with Gasteiger partial charge in [-0.2, -0.15) is 0 Å². The Morgan fingerprint density at radius 3 is 2.36 bits per heavy atom. The SMILES string of the molecule is C[C@@H](CNCC(=O)NC(Cc1ccccc1)C(=O)NCC(=O)OCC1=CCCC=C1)c1ccccc1. The lowest BCUT2D eigenvalue weighted by atomic mass is 10.0. The van der Waals surface area contributed by atoms with E-state index in [1.165, 1.54) is 5.56 Å². The van der Waals surface area contributed by atoms with E-state index in [2.05, 4.69) is 35.0 Å². The van der Waals surface area contributed by atoms with Gasteiger partial charge in [0.2, 0.25) is 11.8 Å². The summed E-state index contributed by atoms with van der Waals surface area (Å²) in [7, 11) is 0. The molecular weight excluding hydrogens is 454 g/mol. The minimum absolute atomic E-state index is 0.0837. The number of carbonyl (C=O) groups is 3. The average molecular weight is 490 g/mol. The van der Waals surface area contributed by atoms with Crippen LogP contribution in [0.3, 0.4) is 0 Å². The summed E-state index contributed by atoms with van der Waals surface area (Å²) < 4.78 is 5.25. The number of nitrogens with one attached hydrogen (secondary N) is 3. The molecule has 2 atom stereocenters. The summed E-state index contributed by atoms with van der Waals surface area (Å²) in [5.74, 6) is -0.999. The smallest absolute Gasteiger partial charge is 0.325 e. The van der Waals surface area contributed by atoms with Gasteiger partial charge in [0.05, 0.1) is 6.54 Å². The summed E-state index contributed by atoms with van der Waals surface area (Å²) in [6.45, 7) is 2.73. The van der Waals surface area contributed by atoms with Gasteiger partial charge in [-0.15, -0.1) is 0 Å². The molecule has 0 radical (unpaired) electrons. The molecule has 2 amide bonds. The number of allylic oxidation sites excluding steroid dienone is 2. The Morgan fingerprint density at radius 2 is 1.67 bits per heavy atom. The van der Waals surface area contributed by atoms with Crippen LogP contribution in [0.5, 0.6) is 0 Å². The zero-order chi connectivity index (χ0) is 25.6. The molecule has 0 heterocycles. The van der Waals surface area contributed by atoms with Crippen LogP contribution in [-0.2, 0) is 25.5 Å². The average Bonchev–Trinajstić information content (AvgIpc) is 2.91. The van der Waals surface area contributed by atoms with Crippen molar-refractivity contribution in [2.75, 3.05) is 26.2 Å². The maximum absolute atomic E-state index is 12.9. The highest BCUT2D eigenvalue weighted by Crippen LogP contribution is 2.13. The van der Waals surface area contributed by atoms with E-state index in [4.69, 9.17) is 4.74 Å². The molecule has 0 saturated heterocycles. The summed E-state index contributed by atoms with van der Waals surface area (Å²) in [6, 6.07) is 18.7. The van der Waals surface area contributed by atoms with E-state index in [0.29, 0.717) is 13.0 Å². The van der Waals surface area contributed by atoms with Gasteiger partial charge in [-0.05, 0) is 35.5 Å². The van der Waals surface area contributed by atoms with Crippen LogP contribution in [-0.4, -0.2) is 50.1 Å². The van der Waals surface area contributed by atoms with Crippen LogP contribution >= 0.6 is 0 Å². The summed E-state index contributed by atoms with van der Waals surface area (Å²) >= 11 is 0. The van der Waals surface area contributed by atoms with Gasteiger partial charge < -0.3 is 20.7 Å². The number of carbonyl (C=O) groups excluding carboxylic acids is 3. The molecule has 190 valence electrons. The maximum atomic E-state index is 12.9. The van der Waals surface area contributed by atoms with Gasteiger partial charge in [0.1, 0.15) is 19.2 Å². The van der Waals surface area contributed by atoms with Crippen molar-refractivity contribution in [1.82, 2.24) is 16.0 Å². The molecule has 3 rings (SSSR count). The summed E-state index contributed by atoms with van der Waals surface area (Å²) in [5.41, 5.74) is 3.04. The van der Waals surface area contributed by atoms with Crippen LogP contribution in [0.2, 0.25) is 0 Å². The van der Waals surface area contributed by atoms with Crippen molar-refractivity contribution in [2.24, 2.45) is 0 Å². The van der Waals surface area contributed by atoms with E-state index in [-0.39, 0.29) is 31.5 Å². The molecule has 3 N–H and O–H groups in total. The number of ether oxygens (including phenoxy) is 1. The molecule has 0 saturated carbocycles. The molecule has 2 aromatic rings. The number of benzene rings is 2. The van der Waals surface area contributed by atoms with Crippen LogP contribution in [0.4, 0.5) is 0 Å². The van der Waals surface area contributed by atoms with Gasteiger partial charge in [0.25, 0.3) is 0 Å². The van der Waals surface area contributed by atoms with Crippen LogP contribution in [0, 0.1) is 0 Å².